The van der Waals surface area contributed by atoms with Crippen LogP contribution in [-0.4, -0.2) is 27.6 Å². The summed E-state index contributed by atoms with van der Waals surface area (Å²) in [4.78, 5) is 9.45. The maximum Gasteiger partial charge on any atom is 0.160 e. The van der Waals surface area contributed by atoms with Crippen LogP contribution in [0.1, 0.15) is 37.6 Å². The van der Waals surface area contributed by atoms with Crippen molar-refractivity contribution >= 4 is 11.2 Å². The number of hydrogen-bond donors (Lipinski definition) is 1. The third-order valence-corrected chi connectivity index (χ3v) is 4.17. The van der Waals surface area contributed by atoms with Gasteiger partial charge in [-0.25, -0.2) is 9.97 Å². The van der Waals surface area contributed by atoms with E-state index in [1.165, 1.54) is 24.2 Å². The number of rotatable bonds is 4. The molecule has 3 heterocycles. The summed E-state index contributed by atoms with van der Waals surface area (Å²) in [6, 6.07) is 2.15. The monoisotopic (exact) mass is 272 g/mol. The molecule has 20 heavy (non-hydrogen) atoms. The summed E-state index contributed by atoms with van der Waals surface area (Å²) in [5.41, 5.74) is 3.31. The van der Waals surface area contributed by atoms with Crippen LogP contribution < -0.4 is 5.32 Å². The number of aromatic nitrogens is 3. The first-order valence-electron chi connectivity index (χ1n) is 7.80. The Morgan fingerprint density at radius 1 is 1.35 bits per heavy atom. The van der Waals surface area contributed by atoms with Gasteiger partial charge in [-0.05, 0) is 56.8 Å². The molecule has 108 valence electrons. The Kier molecular flexibility index (Phi) is 4.01. The van der Waals surface area contributed by atoms with Crippen molar-refractivity contribution in [1.82, 2.24) is 19.9 Å². The number of nitrogens with one attached hydrogen (secondary N) is 1. The topological polar surface area (TPSA) is 42.7 Å². The van der Waals surface area contributed by atoms with E-state index in [-0.39, 0.29) is 0 Å². The lowest BCUT2D eigenvalue weighted by molar-refractivity contribution is 0.332. The Labute approximate surface area is 120 Å². The van der Waals surface area contributed by atoms with Gasteiger partial charge in [0.15, 0.2) is 5.65 Å². The first-order chi connectivity index (χ1) is 9.78. The SMILES string of the molecule is CCCc1nc2cc(C)cnc2n1CC1CCNCC1. The molecule has 4 nitrogen and oxygen atoms in total. The van der Waals surface area contributed by atoms with Crippen molar-refractivity contribution in [2.75, 3.05) is 13.1 Å². The molecule has 0 saturated carbocycles. The molecule has 1 aliphatic rings. The van der Waals surface area contributed by atoms with Gasteiger partial charge in [-0.1, -0.05) is 6.92 Å². The molecule has 4 heteroatoms. The van der Waals surface area contributed by atoms with Gasteiger partial charge in [-0.15, -0.1) is 0 Å². The Balaban J connectivity index is 1.95. The molecule has 3 rings (SSSR count). The zero-order valence-corrected chi connectivity index (χ0v) is 12.5. The van der Waals surface area contributed by atoms with Gasteiger partial charge in [-0.2, -0.15) is 0 Å². The van der Waals surface area contributed by atoms with Crippen molar-refractivity contribution in [3.63, 3.8) is 0 Å². The molecule has 1 fully saturated rings. The largest absolute Gasteiger partial charge is 0.317 e. The van der Waals surface area contributed by atoms with Gasteiger partial charge in [0, 0.05) is 19.2 Å². The average Bonchev–Trinajstić information content (AvgIpc) is 2.77. The number of hydrogen-bond acceptors (Lipinski definition) is 3. The second-order valence-corrected chi connectivity index (χ2v) is 5.94. The summed E-state index contributed by atoms with van der Waals surface area (Å²) in [5.74, 6) is 1.96. The van der Waals surface area contributed by atoms with Crippen LogP contribution in [0.3, 0.4) is 0 Å². The minimum atomic E-state index is 0.757. The minimum Gasteiger partial charge on any atom is -0.317 e. The Morgan fingerprint density at radius 2 is 2.15 bits per heavy atom. The van der Waals surface area contributed by atoms with E-state index < -0.39 is 0 Å². The van der Waals surface area contributed by atoms with Gasteiger partial charge in [-0.3, -0.25) is 0 Å². The van der Waals surface area contributed by atoms with E-state index in [1.807, 2.05) is 6.20 Å². The summed E-state index contributed by atoms with van der Waals surface area (Å²) in [6.07, 6.45) is 6.65. The van der Waals surface area contributed by atoms with E-state index in [1.54, 1.807) is 0 Å². The van der Waals surface area contributed by atoms with E-state index in [0.29, 0.717) is 0 Å². The molecule has 0 aliphatic carbocycles. The Hall–Kier alpha value is -1.42. The lowest BCUT2D eigenvalue weighted by atomic mass is 9.98. The van der Waals surface area contributed by atoms with Gasteiger partial charge >= 0.3 is 0 Å². The zero-order chi connectivity index (χ0) is 13.9. The van der Waals surface area contributed by atoms with E-state index in [9.17, 15) is 0 Å². The van der Waals surface area contributed by atoms with Crippen molar-refractivity contribution in [2.24, 2.45) is 5.92 Å². The van der Waals surface area contributed by atoms with Gasteiger partial charge in [0.25, 0.3) is 0 Å². The first-order valence-corrected chi connectivity index (χ1v) is 7.80. The summed E-state index contributed by atoms with van der Waals surface area (Å²) >= 11 is 0. The van der Waals surface area contributed by atoms with Crippen molar-refractivity contribution in [3.05, 3.63) is 23.7 Å². The van der Waals surface area contributed by atoms with Crippen LogP contribution in [0.25, 0.3) is 11.2 Å². The minimum absolute atomic E-state index is 0.757. The highest BCUT2D eigenvalue weighted by Crippen LogP contribution is 2.21. The number of piperidine rings is 1. The summed E-state index contributed by atoms with van der Waals surface area (Å²) in [6.45, 7) is 7.66. The molecular formula is C16H24N4. The second-order valence-electron chi connectivity index (χ2n) is 5.94. The molecular weight excluding hydrogens is 248 g/mol. The quantitative estimate of drug-likeness (QED) is 0.930. The predicted molar refractivity (Wildman–Crippen MR) is 81.9 cm³/mol. The molecule has 0 radical (unpaired) electrons. The van der Waals surface area contributed by atoms with Crippen LogP contribution in [0.15, 0.2) is 12.3 Å². The smallest absolute Gasteiger partial charge is 0.160 e. The van der Waals surface area contributed by atoms with Gasteiger partial charge in [0.1, 0.15) is 11.3 Å². The Bertz CT molecular complexity index is 581. The molecule has 0 spiro atoms. The molecule has 2 aromatic heterocycles. The summed E-state index contributed by atoms with van der Waals surface area (Å²) < 4.78 is 2.37. The van der Waals surface area contributed by atoms with Crippen molar-refractivity contribution in [3.8, 4) is 0 Å². The van der Waals surface area contributed by atoms with Gasteiger partial charge in [0.2, 0.25) is 0 Å². The molecule has 0 bridgehead atoms. The highest BCUT2D eigenvalue weighted by atomic mass is 15.1. The molecule has 0 amide bonds. The molecule has 0 atom stereocenters. The Morgan fingerprint density at radius 3 is 2.90 bits per heavy atom. The van der Waals surface area contributed by atoms with Crippen molar-refractivity contribution < 1.29 is 0 Å². The fraction of sp³-hybridized carbons (Fsp3) is 0.625. The lowest BCUT2D eigenvalue weighted by Gasteiger charge is -2.23. The number of imidazole rings is 1. The highest BCUT2D eigenvalue weighted by molar-refractivity contribution is 5.72. The van der Waals surface area contributed by atoms with Crippen LogP contribution in [0.5, 0.6) is 0 Å². The predicted octanol–water partition coefficient (Wildman–Crippen LogP) is 2.69. The number of pyridine rings is 1. The highest BCUT2D eigenvalue weighted by Gasteiger charge is 2.18. The van der Waals surface area contributed by atoms with E-state index >= 15 is 0 Å². The maximum atomic E-state index is 4.81. The fourth-order valence-electron chi connectivity index (χ4n) is 3.09. The fourth-order valence-corrected chi connectivity index (χ4v) is 3.09. The number of fused-ring (bicyclic) bond motifs is 1. The summed E-state index contributed by atoms with van der Waals surface area (Å²) in [7, 11) is 0. The van der Waals surface area contributed by atoms with Gasteiger partial charge in [0.05, 0.1) is 0 Å². The van der Waals surface area contributed by atoms with Crippen molar-refractivity contribution in [2.45, 2.75) is 46.1 Å². The molecule has 0 aromatic carbocycles. The van der Waals surface area contributed by atoms with Crippen LogP contribution >= 0.6 is 0 Å². The molecule has 0 unspecified atom stereocenters. The third kappa shape index (κ3) is 2.70. The van der Waals surface area contributed by atoms with Crippen molar-refractivity contribution in [1.29, 1.82) is 0 Å². The molecule has 2 aromatic rings. The van der Waals surface area contributed by atoms with E-state index in [0.717, 1.165) is 49.6 Å². The molecule has 1 N–H and O–H groups in total. The summed E-state index contributed by atoms with van der Waals surface area (Å²) in [5, 5.41) is 3.44. The average molecular weight is 272 g/mol. The normalized spacial score (nSPS) is 16.9. The van der Waals surface area contributed by atoms with E-state index in [4.69, 9.17) is 4.98 Å². The second kappa shape index (κ2) is 5.92. The number of nitrogens with zero attached hydrogens (tertiary/aromatic N) is 3. The van der Waals surface area contributed by atoms with Gasteiger partial charge < -0.3 is 9.88 Å². The lowest BCUT2D eigenvalue weighted by Crippen LogP contribution is -2.30. The number of aryl methyl sites for hydroxylation is 2. The van der Waals surface area contributed by atoms with Crippen LogP contribution in [-0.2, 0) is 13.0 Å². The van der Waals surface area contributed by atoms with Crippen LogP contribution in [0.2, 0.25) is 0 Å². The standard InChI is InChI=1S/C16H24N4/c1-3-4-15-19-14-9-12(2)10-18-16(14)20(15)11-13-5-7-17-8-6-13/h9-10,13,17H,3-8,11H2,1-2H3. The first kappa shape index (κ1) is 13.6. The van der Waals surface area contributed by atoms with Crippen LogP contribution in [0.4, 0.5) is 0 Å². The third-order valence-electron chi connectivity index (χ3n) is 4.17. The van der Waals surface area contributed by atoms with E-state index in [2.05, 4.69) is 34.8 Å². The molecule has 1 saturated heterocycles. The zero-order valence-electron chi connectivity index (χ0n) is 12.5. The van der Waals surface area contributed by atoms with Crippen LogP contribution in [0, 0.1) is 12.8 Å². The maximum absolute atomic E-state index is 4.81. The molecule has 1 aliphatic heterocycles.